The zero-order valence-electron chi connectivity index (χ0n) is 14.6. The van der Waals surface area contributed by atoms with E-state index in [4.69, 9.17) is 11.2 Å². The Labute approximate surface area is 158 Å². The Morgan fingerprint density at radius 3 is 2.63 bits per heavy atom. The van der Waals surface area contributed by atoms with E-state index in [2.05, 4.69) is 16.2 Å². The van der Waals surface area contributed by atoms with E-state index in [-0.39, 0.29) is 5.91 Å². The second kappa shape index (κ2) is 9.02. The first-order valence-corrected chi connectivity index (χ1v) is 8.40. The zero-order chi connectivity index (χ0) is 18.9. The number of rotatable bonds is 6. The monoisotopic (exact) mass is 354 g/mol. The summed E-state index contributed by atoms with van der Waals surface area (Å²) < 4.78 is 5.73. The molecule has 0 aliphatic rings. The highest BCUT2D eigenvalue weighted by Gasteiger charge is 1.99. The van der Waals surface area contributed by atoms with Gasteiger partial charge in [0.25, 0.3) is 0 Å². The summed E-state index contributed by atoms with van der Waals surface area (Å²) in [6.45, 7) is 0.483. The summed E-state index contributed by atoms with van der Waals surface area (Å²) in [5.74, 6) is 3.08. The molecule has 0 radical (unpaired) electrons. The molecule has 0 aliphatic heterocycles. The van der Waals surface area contributed by atoms with Gasteiger partial charge in [0.2, 0.25) is 5.91 Å². The molecule has 1 heterocycles. The van der Waals surface area contributed by atoms with Gasteiger partial charge in [0, 0.05) is 29.7 Å². The number of ether oxygens (including phenoxy) is 1. The highest BCUT2D eigenvalue weighted by molar-refractivity contribution is 6.02. The van der Waals surface area contributed by atoms with Crippen LogP contribution in [-0.4, -0.2) is 10.9 Å². The number of carbonyl (C=O) groups is 1. The molecule has 0 atom stereocenters. The second-order valence-electron chi connectivity index (χ2n) is 5.76. The third-order valence-electron chi connectivity index (χ3n) is 3.76. The van der Waals surface area contributed by atoms with Gasteiger partial charge in [-0.05, 0) is 59.7 Å². The number of amides is 1. The third-order valence-corrected chi connectivity index (χ3v) is 3.76. The molecule has 0 saturated carbocycles. The molecule has 27 heavy (non-hydrogen) atoms. The summed E-state index contributed by atoms with van der Waals surface area (Å²) in [5, 5.41) is 2.79. The summed E-state index contributed by atoms with van der Waals surface area (Å²) in [7, 11) is 0. The van der Waals surface area contributed by atoms with Gasteiger partial charge in [0.15, 0.2) is 0 Å². The molecule has 1 amide bonds. The lowest BCUT2D eigenvalue weighted by atomic mass is 10.2. The number of nitrogens with zero attached hydrogens (tertiary/aromatic N) is 1. The number of hydrogen-bond donors (Lipinski definition) is 1. The summed E-state index contributed by atoms with van der Waals surface area (Å²) in [6.07, 6.45) is 12.1. The molecule has 132 valence electrons. The van der Waals surface area contributed by atoms with E-state index < -0.39 is 0 Å². The van der Waals surface area contributed by atoms with E-state index in [0.717, 1.165) is 22.4 Å². The summed E-state index contributed by atoms with van der Waals surface area (Å²) in [5.41, 5.74) is 3.34. The van der Waals surface area contributed by atoms with Gasteiger partial charge < -0.3 is 10.1 Å². The topological polar surface area (TPSA) is 51.2 Å². The first kappa shape index (κ1) is 18.0. The van der Waals surface area contributed by atoms with Crippen LogP contribution in [-0.2, 0) is 11.4 Å². The van der Waals surface area contributed by atoms with Crippen molar-refractivity contribution in [2.75, 3.05) is 5.32 Å². The van der Waals surface area contributed by atoms with Crippen molar-refractivity contribution < 1.29 is 9.53 Å². The van der Waals surface area contributed by atoms with Crippen molar-refractivity contribution in [2.45, 2.75) is 6.61 Å². The highest BCUT2D eigenvalue weighted by Crippen LogP contribution is 2.15. The Kier molecular flexibility index (Phi) is 6.00. The molecule has 4 heteroatoms. The Morgan fingerprint density at radius 1 is 1.11 bits per heavy atom. The van der Waals surface area contributed by atoms with Crippen LogP contribution in [0.1, 0.15) is 16.7 Å². The molecule has 3 aromatic rings. The third kappa shape index (κ3) is 5.58. The highest BCUT2D eigenvalue weighted by atomic mass is 16.5. The van der Waals surface area contributed by atoms with Crippen LogP contribution in [0.15, 0.2) is 79.1 Å². The van der Waals surface area contributed by atoms with Crippen LogP contribution in [0, 0.1) is 12.3 Å². The molecule has 0 saturated heterocycles. The maximum Gasteiger partial charge on any atom is 0.248 e. The Balaban J connectivity index is 1.54. The minimum Gasteiger partial charge on any atom is -0.489 e. The number of aromatic nitrogens is 1. The van der Waals surface area contributed by atoms with E-state index in [0.29, 0.717) is 12.3 Å². The quantitative estimate of drug-likeness (QED) is 0.531. The molecule has 3 rings (SSSR count). The largest absolute Gasteiger partial charge is 0.489 e. The number of terminal acetylenes is 1. The van der Waals surface area contributed by atoms with Crippen LogP contribution >= 0.6 is 0 Å². The molecule has 1 N–H and O–H groups in total. The van der Waals surface area contributed by atoms with Crippen molar-refractivity contribution in [1.29, 1.82) is 0 Å². The predicted octanol–water partition coefficient (Wildman–Crippen LogP) is 4.29. The lowest BCUT2D eigenvalue weighted by Crippen LogP contribution is -2.07. The van der Waals surface area contributed by atoms with E-state index in [1.165, 1.54) is 6.08 Å². The first-order valence-electron chi connectivity index (χ1n) is 8.40. The Morgan fingerprint density at radius 2 is 1.89 bits per heavy atom. The van der Waals surface area contributed by atoms with Crippen LogP contribution in [0.2, 0.25) is 0 Å². The summed E-state index contributed by atoms with van der Waals surface area (Å²) >= 11 is 0. The fourth-order valence-corrected chi connectivity index (χ4v) is 2.36. The van der Waals surface area contributed by atoms with Crippen LogP contribution in [0.4, 0.5) is 5.69 Å². The molecule has 0 aliphatic carbocycles. The van der Waals surface area contributed by atoms with Gasteiger partial charge in [0.05, 0.1) is 0 Å². The normalized spacial score (nSPS) is 10.3. The molecule has 0 spiro atoms. The lowest BCUT2D eigenvalue weighted by Gasteiger charge is -2.06. The molecule has 0 fully saturated rings. The van der Waals surface area contributed by atoms with Gasteiger partial charge in [-0.3, -0.25) is 9.78 Å². The van der Waals surface area contributed by atoms with Crippen LogP contribution in [0.5, 0.6) is 5.75 Å². The van der Waals surface area contributed by atoms with Gasteiger partial charge >= 0.3 is 0 Å². The van der Waals surface area contributed by atoms with Gasteiger partial charge in [-0.2, -0.15) is 0 Å². The molecule has 1 aromatic heterocycles. The molecular formula is C23H18N2O2. The van der Waals surface area contributed by atoms with Crippen molar-refractivity contribution in [2.24, 2.45) is 0 Å². The average Bonchev–Trinajstić information content (AvgIpc) is 2.72. The maximum absolute atomic E-state index is 12.0. The van der Waals surface area contributed by atoms with Crippen LogP contribution in [0.25, 0.3) is 6.08 Å². The predicted molar refractivity (Wildman–Crippen MR) is 107 cm³/mol. The van der Waals surface area contributed by atoms with Gasteiger partial charge in [-0.15, -0.1) is 6.42 Å². The zero-order valence-corrected chi connectivity index (χ0v) is 14.6. The number of carbonyl (C=O) groups excluding carboxylic acids is 1. The SMILES string of the molecule is C#Cc1cccc(NC(=O)/C=C/c2ccc(OCc3ccncc3)cc2)c1. The Hall–Kier alpha value is -3.84. The smallest absolute Gasteiger partial charge is 0.248 e. The molecule has 4 nitrogen and oxygen atoms in total. The number of anilines is 1. The molecule has 0 bridgehead atoms. The number of pyridine rings is 1. The van der Waals surface area contributed by atoms with Crippen molar-refractivity contribution in [3.8, 4) is 18.1 Å². The van der Waals surface area contributed by atoms with Crippen LogP contribution < -0.4 is 10.1 Å². The van der Waals surface area contributed by atoms with E-state index >= 15 is 0 Å². The molecule has 2 aromatic carbocycles. The van der Waals surface area contributed by atoms with Crippen LogP contribution in [0.3, 0.4) is 0 Å². The Bertz CT molecular complexity index is 971. The molecule has 0 unspecified atom stereocenters. The van der Waals surface area contributed by atoms with Crippen molar-refractivity contribution >= 4 is 17.7 Å². The van der Waals surface area contributed by atoms with Gasteiger partial charge in [-0.1, -0.05) is 24.1 Å². The van der Waals surface area contributed by atoms with E-state index in [1.54, 1.807) is 36.7 Å². The van der Waals surface area contributed by atoms with E-state index in [1.807, 2.05) is 42.5 Å². The number of hydrogen-bond acceptors (Lipinski definition) is 3. The van der Waals surface area contributed by atoms with Crippen molar-refractivity contribution in [3.05, 3.63) is 95.8 Å². The fourth-order valence-electron chi connectivity index (χ4n) is 2.36. The second-order valence-corrected chi connectivity index (χ2v) is 5.76. The summed E-state index contributed by atoms with van der Waals surface area (Å²) in [6, 6.07) is 18.5. The van der Waals surface area contributed by atoms with Gasteiger partial charge in [0.1, 0.15) is 12.4 Å². The fraction of sp³-hybridized carbons (Fsp3) is 0.0435. The van der Waals surface area contributed by atoms with Gasteiger partial charge in [-0.25, -0.2) is 0 Å². The minimum atomic E-state index is -0.220. The standard InChI is InChI=1S/C23H18N2O2/c1-2-18-4-3-5-21(16-18)25-23(26)11-8-19-6-9-22(10-7-19)27-17-20-12-14-24-15-13-20/h1,3-16H,17H2,(H,25,26)/b11-8+. The van der Waals surface area contributed by atoms with Crippen molar-refractivity contribution in [3.63, 3.8) is 0 Å². The first-order chi connectivity index (χ1) is 13.2. The minimum absolute atomic E-state index is 0.220. The number of nitrogens with one attached hydrogen (secondary N) is 1. The van der Waals surface area contributed by atoms with Crippen molar-refractivity contribution in [1.82, 2.24) is 4.98 Å². The lowest BCUT2D eigenvalue weighted by molar-refractivity contribution is -0.111. The number of benzene rings is 2. The maximum atomic E-state index is 12.0. The molecular weight excluding hydrogens is 336 g/mol. The van der Waals surface area contributed by atoms with E-state index in [9.17, 15) is 4.79 Å². The summed E-state index contributed by atoms with van der Waals surface area (Å²) in [4.78, 5) is 16.0. The average molecular weight is 354 g/mol.